The van der Waals surface area contributed by atoms with Gasteiger partial charge in [0, 0.05) is 10.0 Å². The molecule has 0 radical (unpaired) electrons. The third-order valence-corrected chi connectivity index (χ3v) is 4.85. The molecule has 0 saturated carbocycles. The average molecular weight is 431 g/mol. The van der Waals surface area contributed by atoms with Crippen molar-refractivity contribution in [2.75, 3.05) is 0 Å². The number of benzene rings is 2. The van der Waals surface area contributed by atoms with Gasteiger partial charge in [-0.25, -0.2) is 31.7 Å². The molecule has 130 valence electrons. The lowest BCUT2D eigenvalue weighted by Crippen LogP contribution is -2.17. The van der Waals surface area contributed by atoms with E-state index >= 15 is 0 Å². The van der Waals surface area contributed by atoms with Gasteiger partial charge >= 0.3 is 5.76 Å². The minimum atomic E-state index is -4.57. The Labute approximate surface area is 148 Å². The molecule has 0 spiro atoms. The summed E-state index contributed by atoms with van der Waals surface area (Å²) in [5.74, 6) is -3.50. The van der Waals surface area contributed by atoms with Gasteiger partial charge < -0.3 is 4.42 Å². The van der Waals surface area contributed by atoms with Crippen LogP contribution in [0.15, 0.2) is 61.2 Å². The molecule has 3 rings (SSSR count). The van der Waals surface area contributed by atoms with Crippen molar-refractivity contribution < 1.29 is 21.6 Å². The molecular formula is C15H9BrF2N2O4S. The van der Waals surface area contributed by atoms with Gasteiger partial charge in [-0.15, -0.1) is 0 Å². The number of halogens is 3. The number of hydrogen-bond acceptors (Lipinski definition) is 4. The SMILES string of the molecule is NS(=O)(=O)c1c(F)cc(-c2coc(=O)n2-c2ccc(Br)cc2)cc1F. The van der Waals surface area contributed by atoms with Crippen molar-refractivity contribution in [1.82, 2.24) is 4.57 Å². The lowest BCUT2D eigenvalue weighted by molar-refractivity contribution is 0.504. The van der Waals surface area contributed by atoms with Crippen LogP contribution in [0.3, 0.4) is 0 Å². The van der Waals surface area contributed by atoms with Crippen LogP contribution in [0.1, 0.15) is 0 Å². The smallest absolute Gasteiger partial charge is 0.415 e. The minimum absolute atomic E-state index is 0.0473. The molecule has 0 bridgehead atoms. The summed E-state index contributed by atoms with van der Waals surface area (Å²) in [4.78, 5) is 10.7. The molecule has 2 N–H and O–H groups in total. The van der Waals surface area contributed by atoms with Crippen molar-refractivity contribution in [1.29, 1.82) is 0 Å². The molecular weight excluding hydrogens is 422 g/mol. The minimum Gasteiger partial charge on any atom is -0.415 e. The molecule has 0 amide bonds. The van der Waals surface area contributed by atoms with Gasteiger partial charge in [-0.3, -0.25) is 0 Å². The first-order valence-corrected chi connectivity index (χ1v) is 9.01. The zero-order valence-electron chi connectivity index (χ0n) is 12.2. The Kier molecular flexibility index (Phi) is 4.35. The fraction of sp³-hybridized carbons (Fsp3) is 0. The summed E-state index contributed by atoms with van der Waals surface area (Å²) in [6.07, 6.45) is 1.02. The number of nitrogens with zero attached hydrogens (tertiary/aromatic N) is 1. The highest BCUT2D eigenvalue weighted by atomic mass is 79.9. The van der Waals surface area contributed by atoms with Gasteiger partial charge in [-0.1, -0.05) is 15.9 Å². The molecule has 0 atom stereocenters. The molecule has 6 nitrogen and oxygen atoms in total. The standard InChI is InChI=1S/C15H9BrF2N2O4S/c16-9-1-3-10(4-2-9)20-13(7-24-15(20)21)8-5-11(17)14(12(18)6-8)25(19,22)23/h1-7H,(H2,19,22,23). The molecule has 0 aliphatic heterocycles. The second-order valence-electron chi connectivity index (χ2n) is 5.01. The highest BCUT2D eigenvalue weighted by molar-refractivity contribution is 9.10. The van der Waals surface area contributed by atoms with Crippen LogP contribution in [0.5, 0.6) is 0 Å². The summed E-state index contributed by atoms with van der Waals surface area (Å²) in [5, 5.41) is 4.80. The first-order chi connectivity index (χ1) is 11.7. The maximum Gasteiger partial charge on any atom is 0.424 e. The number of primary sulfonamides is 1. The third-order valence-electron chi connectivity index (χ3n) is 3.36. The van der Waals surface area contributed by atoms with Crippen LogP contribution in [-0.2, 0) is 10.0 Å². The highest BCUT2D eigenvalue weighted by Gasteiger charge is 2.23. The first-order valence-electron chi connectivity index (χ1n) is 6.67. The maximum absolute atomic E-state index is 14.1. The van der Waals surface area contributed by atoms with E-state index in [1.165, 1.54) is 0 Å². The van der Waals surface area contributed by atoms with Gasteiger partial charge in [-0.2, -0.15) is 0 Å². The summed E-state index contributed by atoms with van der Waals surface area (Å²) in [6, 6.07) is 8.06. The van der Waals surface area contributed by atoms with E-state index in [4.69, 9.17) is 9.56 Å². The van der Waals surface area contributed by atoms with Crippen molar-refractivity contribution >= 4 is 26.0 Å². The van der Waals surface area contributed by atoms with Crippen molar-refractivity contribution in [2.45, 2.75) is 4.90 Å². The molecule has 0 aliphatic carbocycles. The molecule has 0 aliphatic rings. The zero-order valence-corrected chi connectivity index (χ0v) is 14.6. The van der Waals surface area contributed by atoms with Crippen LogP contribution in [-0.4, -0.2) is 13.0 Å². The second-order valence-corrected chi connectivity index (χ2v) is 7.43. The molecule has 0 saturated heterocycles. The van der Waals surface area contributed by atoms with Gasteiger partial charge in [0.1, 0.15) is 17.9 Å². The highest BCUT2D eigenvalue weighted by Crippen LogP contribution is 2.28. The van der Waals surface area contributed by atoms with E-state index in [0.29, 0.717) is 5.69 Å². The van der Waals surface area contributed by atoms with Crippen molar-refractivity contribution in [3.63, 3.8) is 0 Å². The molecule has 3 aromatic rings. The Morgan fingerprint density at radius 3 is 2.16 bits per heavy atom. The summed E-state index contributed by atoms with van der Waals surface area (Å²) in [7, 11) is -4.57. The summed E-state index contributed by atoms with van der Waals surface area (Å²) < 4.78 is 57.3. The molecule has 25 heavy (non-hydrogen) atoms. The normalized spacial score (nSPS) is 11.7. The predicted octanol–water partition coefficient (Wildman–Crippen LogP) is 2.79. The Morgan fingerprint density at radius 1 is 1.08 bits per heavy atom. The molecule has 0 unspecified atom stereocenters. The molecule has 2 aromatic carbocycles. The van der Waals surface area contributed by atoms with Crippen LogP contribution < -0.4 is 10.9 Å². The number of rotatable bonds is 3. The number of hydrogen-bond donors (Lipinski definition) is 1. The summed E-state index contributed by atoms with van der Waals surface area (Å²) in [5.41, 5.74) is 0.357. The quantitative estimate of drug-likeness (QED) is 0.690. The van der Waals surface area contributed by atoms with E-state index in [0.717, 1.165) is 27.4 Å². The van der Waals surface area contributed by atoms with Gasteiger partial charge in [-0.05, 0) is 36.4 Å². The Bertz CT molecular complexity index is 1100. The zero-order chi connectivity index (χ0) is 18.4. The van der Waals surface area contributed by atoms with Gasteiger partial charge in [0.25, 0.3) is 0 Å². The fourth-order valence-corrected chi connectivity index (χ4v) is 3.25. The maximum atomic E-state index is 14.1. The number of oxazole rings is 1. The lowest BCUT2D eigenvalue weighted by atomic mass is 10.1. The molecule has 10 heteroatoms. The van der Waals surface area contributed by atoms with Gasteiger partial charge in [0.05, 0.1) is 11.4 Å². The van der Waals surface area contributed by atoms with E-state index in [1.54, 1.807) is 24.3 Å². The predicted molar refractivity (Wildman–Crippen MR) is 88.7 cm³/mol. The Hall–Kier alpha value is -2.30. The summed E-state index contributed by atoms with van der Waals surface area (Å²) in [6.45, 7) is 0. The average Bonchev–Trinajstić information content (AvgIpc) is 2.87. The molecule has 1 heterocycles. The van der Waals surface area contributed by atoms with Gasteiger partial charge in [0.15, 0.2) is 4.90 Å². The number of aromatic nitrogens is 1. The van der Waals surface area contributed by atoms with Crippen LogP contribution >= 0.6 is 15.9 Å². The second kappa shape index (κ2) is 6.21. The largest absolute Gasteiger partial charge is 0.424 e. The third kappa shape index (κ3) is 3.28. The van der Waals surface area contributed by atoms with E-state index in [2.05, 4.69) is 15.9 Å². The van der Waals surface area contributed by atoms with Gasteiger partial charge in [0.2, 0.25) is 10.0 Å². The Balaban J connectivity index is 2.23. The van der Waals surface area contributed by atoms with E-state index in [1.807, 2.05) is 0 Å². The first kappa shape index (κ1) is 17.5. The van der Waals surface area contributed by atoms with Crippen LogP contribution in [0.4, 0.5) is 8.78 Å². The topological polar surface area (TPSA) is 95.3 Å². The van der Waals surface area contributed by atoms with E-state index < -0.39 is 32.3 Å². The number of sulfonamides is 1. The van der Waals surface area contributed by atoms with Crippen LogP contribution in [0, 0.1) is 11.6 Å². The summed E-state index contributed by atoms with van der Waals surface area (Å²) >= 11 is 3.26. The van der Waals surface area contributed by atoms with E-state index in [9.17, 15) is 22.0 Å². The van der Waals surface area contributed by atoms with Crippen molar-refractivity contribution in [3.05, 3.63) is 69.3 Å². The van der Waals surface area contributed by atoms with Crippen molar-refractivity contribution in [3.8, 4) is 16.9 Å². The molecule has 0 fully saturated rings. The molecule has 1 aromatic heterocycles. The monoisotopic (exact) mass is 430 g/mol. The van der Waals surface area contributed by atoms with Crippen LogP contribution in [0.2, 0.25) is 0 Å². The Morgan fingerprint density at radius 2 is 1.64 bits per heavy atom. The van der Waals surface area contributed by atoms with Crippen molar-refractivity contribution in [2.24, 2.45) is 5.14 Å². The fourth-order valence-electron chi connectivity index (χ4n) is 2.32. The lowest BCUT2D eigenvalue weighted by Gasteiger charge is -2.09. The van der Waals surface area contributed by atoms with E-state index in [-0.39, 0.29) is 11.3 Å². The number of nitrogens with two attached hydrogens (primary N) is 1. The van der Waals surface area contributed by atoms with Crippen LogP contribution in [0.25, 0.3) is 16.9 Å².